The quantitative estimate of drug-likeness (QED) is 0.332. The third kappa shape index (κ3) is 3.88. The van der Waals surface area contributed by atoms with E-state index >= 15 is 0 Å². The number of hydrogen-bond donors (Lipinski definition) is 0. The monoisotopic (exact) mass is 270 g/mol. The van der Waals surface area contributed by atoms with Crippen LogP contribution in [0.5, 0.6) is 0 Å². The van der Waals surface area contributed by atoms with Gasteiger partial charge in [0.1, 0.15) is 5.60 Å². The smallest absolute Gasteiger partial charge is 0.330 e. The second-order valence-electron chi connectivity index (χ2n) is 5.29. The van der Waals surface area contributed by atoms with E-state index in [-0.39, 0.29) is 5.92 Å². The molecule has 0 N–H and O–H groups in total. The summed E-state index contributed by atoms with van der Waals surface area (Å²) in [6.45, 7) is 7.70. The first-order valence-corrected chi connectivity index (χ1v) is 6.56. The van der Waals surface area contributed by atoms with Crippen LogP contribution in [0, 0.1) is 5.92 Å². The average Bonchev–Trinajstić information content (AvgIpc) is 2.38. The molecule has 108 valence electrons. The van der Waals surface area contributed by atoms with Crippen LogP contribution in [0.4, 0.5) is 0 Å². The Hall–Kier alpha value is -1.20. The zero-order chi connectivity index (χ0) is 14.5. The van der Waals surface area contributed by atoms with Crippen LogP contribution in [0.25, 0.3) is 0 Å². The summed E-state index contributed by atoms with van der Waals surface area (Å²) in [6.07, 6.45) is 4.89. The normalized spacial score (nSPS) is 31.6. The van der Waals surface area contributed by atoms with Gasteiger partial charge in [0.15, 0.2) is 11.9 Å². The molecule has 0 bridgehead atoms. The van der Waals surface area contributed by atoms with Crippen LogP contribution in [-0.2, 0) is 24.1 Å². The molecule has 5 heteroatoms. The van der Waals surface area contributed by atoms with Crippen molar-refractivity contribution in [1.82, 2.24) is 0 Å². The molecule has 5 nitrogen and oxygen atoms in total. The van der Waals surface area contributed by atoms with E-state index in [0.29, 0.717) is 19.4 Å². The Morgan fingerprint density at radius 1 is 1.37 bits per heavy atom. The lowest BCUT2D eigenvalue weighted by Crippen LogP contribution is -2.49. The zero-order valence-corrected chi connectivity index (χ0v) is 12.0. The van der Waals surface area contributed by atoms with Crippen molar-refractivity contribution in [2.45, 2.75) is 51.7 Å². The highest BCUT2D eigenvalue weighted by atomic mass is 17.2. The van der Waals surface area contributed by atoms with Crippen molar-refractivity contribution in [2.24, 2.45) is 5.92 Å². The second kappa shape index (κ2) is 6.30. The van der Waals surface area contributed by atoms with Gasteiger partial charge < -0.3 is 4.74 Å². The minimum absolute atomic E-state index is 0.0311. The van der Waals surface area contributed by atoms with Gasteiger partial charge in [-0.25, -0.2) is 14.6 Å². The lowest BCUT2D eigenvalue weighted by molar-refractivity contribution is -0.419. The number of ether oxygens (including phenoxy) is 1. The highest BCUT2D eigenvalue weighted by molar-refractivity contribution is 5.82. The molecule has 2 atom stereocenters. The Morgan fingerprint density at radius 3 is 2.47 bits per heavy atom. The minimum Gasteiger partial charge on any atom is -0.463 e. The number of esters is 1. The van der Waals surface area contributed by atoms with Gasteiger partial charge in [-0.15, -0.1) is 0 Å². The maximum atomic E-state index is 11.3. The Kier molecular flexibility index (Phi) is 5.26. The van der Waals surface area contributed by atoms with Crippen molar-refractivity contribution in [3.8, 4) is 0 Å². The van der Waals surface area contributed by atoms with Gasteiger partial charge >= 0.3 is 5.97 Å². The van der Waals surface area contributed by atoms with Crippen LogP contribution in [-0.4, -0.2) is 30.1 Å². The van der Waals surface area contributed by atoms with E-state index in [1.165, 1.54) is 6.08 Å². The second-order valence-corrected chi connectivity index (χ2v) is 5.29. The first kappa shape index (κ1) is 15.9. The van der Waals surface area contributed by atoms with Crippen molar-refractivity contribution in [3.05, 3.63) is 12.2 Å². The Bertz CT molecular complexity index is 351. The summed E-state index contributed by atoms with van der Waals surface area (Å²) < 4.78 is 4.80. The van der Waals surface area contributed by atoms with Crippen molar-refractivity contribution in [2.75, 3.05) is 6.61 Å². The first-order valence-electron chi connectivity index (χ1n) is 6.56. The highest BCUT2D eigenvalue weighted by Gasteiger charge is 2.44. The summed E-state index contributed by atoms with van der Waals surface area (Å²) in [5.74, 6) is -0.382. The third-order valence-corrected chi connectivity index (χ3v) is 3.43. The van der Waals surface area contributed by atoms with E-state index < -0.39 is 17.2 Å². The number of hydrogen-bond acceptors (Lipinski definition) is 5. The molecule has 0 spiro atoms. The van der Waals surface area contributed by atoms with Gasteiger partial charge in [0, 0.05) is 6.08 Å². The number of aldehydes is 1. The molecule has 1 fully saturated rings. The fraction of sp³-hybridized carbons (Fsp3) is 0.714. The predicted molar refractivity (Wildman–Crippen MR) is 69.2 cm³/mol. The molecule has 0 unspecified atom stereocenters. The fourth-order valence-electron chi connectivity index (χ4n) is 1.85. The molecule has 1 rings (SSSR count). The minimum atomic E-state index is -0.892. The number of rotatable bonds is 5. The Morgan fingerprint density at radius 2 is 2.05 bits per heavy atom. The average molecular weight is 270 g/mol. The van der Waals surface area contributed by atoms with E-state index in [2.05, 4.69) is 0 Å². The maximum absolute atomic E-state index is 11.3. The number of carbonyl (C=O) groups is 2. The predicted octanol–water partition coefficient (Wildman–Crippen LogP) is 2.20. The summed E-state index contributed by atoms with van der Waals surface area (Å²) in [6, 6.07) is 0. The molecule has 0 amide bonds. The summed E-state index contributed by atoms with van der Waals surface area (Å²) in [4.78, 5) is 33.1. The van der Waals surface area contributed by atoms with Gasteiger partial charge in [0.2, 0.25) is 0 Å². The number of carbonyl (C=O) groups excluding carboxylic acids is 2. The maximum Gasteiger partial charge on any atom is 0.330 e. The third-order valence-electron chi connectivity index (χ3n) is 3.43. The summed E-state index contributed by atoms with van der Waals surface area (Å²) >= 11 is 0. The van der Waals surface area contributed by atoms with Crippen molar-refractivity contribution < 1.29 is 24.1 Å². The van der Waals surface area contributed by atoms with Crippen molar-refractivity contribution in [1.29, 1.82) is 0 Å². The van der Waals surface area contributed by atoms with E-state index in [4.69, 9.17) is 14.5 Å². The van der Waals surface area contributed by atoms with Crippen molar-refractivity contribution in [3.63, 3.8) is 0 Å². The summed E-state index contributed by atoms with van der Waals surface area (Å²) in [5.41, 5.74) is -1.61. The standard InChI is InChI=1S/C14H22O5/c1-5-17-12(16)6-7-13(4)8-9-14(10-15,11(2)3)19-18-13/h6-7,10-11H,5,8-9H2,1-4H3/b7-6+/t13-,14-/m0/s1. The van der Waals surface area contributed by atoms with Crippen LogP contribution in [0.3, 0.4) is 0 Å². The van der Waals surface area contributed by atoms with Crippen LogP contribution in [0.1, 0.15) is 40.5 Å². The van der Waals surface area contributed by atoms with E-state index in [1.807, 2.05) is 13.8 Å². The van der Waals surface area contributed by atoms with E-state index in [1.54, 1.807) is 19.9 Å². The lowest BCUT2D eigenvalue weighted by atomic mass is 9.82. The SMILES string of the molecule is CCOC(=O)/C=C/[C@@]1(C)CC[C@](C=O)(C(C)C)OO1. The van der Waals surface area contributed by atoms with Gasteiger partial charge in [-0.2, -0.15) is 0 Å². The van der Waals surface area contributed by atoms with Gasteiger partial charge in [0.05, 0.1) is 6.61 Å². The highest BCUT2D eigenvalue weighted by Crippen LogP contribution is 2.37. The van der Waals surface area contributed by atoms with Crippen LogP contribution in [0.2, 0.25) is 0 Å². The van der Waals surface area contributed by atoms with Crippen LogP contribution in [0.15, 0.2) is 12.2 Å². The van der Waals surface area contributed by atoms with Gasteiger partial charge in [-0.3, -0.25) is 4.79 Å². The molecule has 19 heavy (non-hydrogen) atoms. The molecule has 0 aliphatic carbocycles. The topological polar surface area (TPSA) is 61.8 Å². The van der Waals surface area contributed by atoms with E-state index in [0.717, 1.165) is 6.29 Å². The Labute approximate surface area is 113 Å². The largest absolute Gasteiger partial charge is 0.463 e. The summed E-state index contributed by atoms with van der Waals surface area (Å²) in [7, 11) is 0. The van der Waals surface area contributed by atoms with Crippen LogP contribution >= 0.6 is 0 Å². The molecular formula is C14H22O5. The molecule has 1 heterocycles. The summed E-state index contributed by atoms with van der Waals surface area (Å²) in [5, 5.41) is 0. The molecule has 0 saturated carbocycles. The Balaban J connectivity index is 2.65. The fourth-order valence-corrected chi connectivity index (χ4v) is 1.85. The van der Waals surface area contributed by atoms with Crippen molar-refractivity contribution >= 4 is 12.3 Å². The van der Waals surface area contributed by atoms with Gasteiger partial charge in [0.25, 0.3) is 0 Å². The molecule has 0 radical (unpaired) electrons. The molecule has 1 aliphatic rings. The molecule has 0 aromatic carbocycles. The lowest BCUT2D eigenvalue weighted by Gasteiger charge is -2.41. The molecule has 1 aliphatic heterocycles. The zero-order valence-electron chi connectivity index (χ0n) is 12.0. The van der Waals surface area contributed by atoms with Gasteiger partial charge in [-0.1, -0.05) is 13.8 Å². The van der Waals surface area contributed by atoms with E-state index in [9.17, 15) is 9.59 Å². The molecule has 0 aromatic rings. The molecular weight excluding hydrogens is 248 g/mol. The molecule has 1 saturated heterocycles. The molecule has 0 aromatic heterocycles. The first-order chi connectivity index (χ1) is 8.87. The van der Waals surface area contributed by atoms with Crippen LogP contribution < -0.4 is 0 Å². The van der Waals surface area contributed by atoms with Gasteiger partial charge in [-0.05, 0) is 38.7 Å².